The van der Waals surface area contributed by atoms with E-state index in [1.165, 1.54) is 12.1 Å². The zero-order valence-corrected chi connectivity index (χ0v) is 17.5. The molecule has 0 amide bonds. The van der Waals surface area contributed by atoms with Crippen LogP contribution in [0.3, 0.4) is 0 Å². The number of hydrogen-bond acceptors (Lipinski definition) is 4. The Balaban J connectivity index is 0.00000256. The van der Waals surface area contributed by atoms with Gasteiger partial charge in [0.15, 0.2) is 5.82 Å². The molecule has 0 radical (unpaired) electrons. The quantitative estimate of drug-likeness (QED) is 0.564. The molecule has 30 heavy (non-hydrogen) atoms. The van der Waals surface area contributed by atoms with Gasteiger partial charge >= 0.3 is 0 Å². The van der Waals surface area contributed by atoms with Crippen LogP contribution in [-0.2, 0) is 0 Å². The molecule has 1 aromatic carbocycles. The highest BCUT2D eigenvalue weighted by Crippen LogP contribution is 2.28. The third kappa shape index (κ3) is 4.37. The molecular weight excluding hydrogens is 408 g/mol. The van der Waals surface area contributed by atoms with Gasteiger partial charge in [0, 0.05) is 55.4 Å². The van der Waals surface area contributed by atoms with Gasteiger partial charge in [-0.2, -0.15) is 5.10 Å². The van der Waals surface area contributed by atoms with Crippen LogP contribution in [0.2, 0.25) is 0 Å². The van der Waals surface area contributed by atoms with Gasteiger partial charge in [0.25, 0.3) is 0 Å². The number of rotatable bonds is 5. The first kappa shape index (κ1) is 21.9. The van der Waals surface area contributed by atoms with E-state index in [0.717, 1.165) is 36.2 Å². The molecule has 0 bridgehead atoms. The molecule has 1 aliphatic rings. The van der Waals surface area contributed by atoms with E-state index in [0.29, 0.717) is 18.8 Å². The van der Waals surface area contributed by atoms with Crippen molar-refractivity contribution in [1.29, 1.82) is 0 Å². The van der Waals surface area contributed by atoms with E-state index in [2.05, 4.69) is 21.6 Å². The molecule has 158 valence electrons. The molecule has 0 aliphatic carbocycles. The number of halogens is 3. The Hall–Kier alpha value is -2.77. The molecule has 5 nitrogen and oxygen atoms in total. The zero-order valence-electron chi connectivity index (χ0n) is 16.7. The number of hydrogen-bond donors (Lipinski definition) is 0. The number of anilines is 1. The minimum atomic E-state index is -0.552. The van der Waals surface area contributed by atoms with Crippen LogP contribution in [0.5, 0.6) is 0 Å². The first-order valence-corrected chi connectivity index (χ1v) is 9.60. The van der Waals surface area contributed by atoms with Crippen molar-refractivity contribution >= 4 is 18.1 Å². The van der Waals surface area contributed by atoms with E-state index in [4.69, 9.17) is 0 Å². The molecule has 3 heterocycles. The molecule has 0 saturated carbocycles. The largest absolute Gasteiger partial charge is 0.369 e. The van der Waals surface area contributed by atoms with E-state index in [1.807, 2.05) is 47.0 Å². The summed E-state index contributed by atoms with van der Waals surface area (Å²) in [7, 11) is 0. The van der Waals surface area contributed by atoms with Gasteiger partial charge in [-0.15, -0.1) is 19.0 Å². The van der Waals surface area contributed by atoms with Crippen LogP contribution in [0.15, 0.2) is 61.4 Å². The fraction of sp³-hybridized carbons (Fsp3) is 0.273. The topological polar surface area (TPSA) is 37.2 Å². The Morgan fingerprint density at radius 2 is 1.77 bits per heavy atom. The van der Waals surface area contributed by atoms with Crippen LogP contribution in [0.25, 0.3) is 5.82 Å². The number of piperazine rings is 1. The molecule has 1 fully saturated rings. The van der Waals surface area contributed by atoms with Gasteiger partial charge in [-0.25, -0.2) is 18.4 Å². The van der Waals surface area contributed by atoms with Crippen molar-refractivity contribution in [3.05, 3.63) is 84.3 Å². The summed E-state index contributed by atoms with van der Waals surface area (Å²) >= 11 is 0. The van der Waals surface area contributed by atoms with Gasteiger partial charge in [0.05, 0.1) is 12.2 Å². The Kier molecular flexibility index (Phi) is 6.84. The van der Waals surface area contributed by atoms with E-state index < -0.39 is 11.6 Å². The van der Waals surface area contributed by atoms with Gasteiger partial charge in [-0.05, 0) is 31.2 Å². The van der Waals surface area contributed by atoms with E-state index >= 15 is 0 Å². The van der Waals surface area contributed by atoms with Gasteiger partial charge < -0.3 is 4.90 Å². The van der Waals surface area contributed by atoms with E-state index in [1.54, 1.807) is 6.20 Å². The molecule has 1 atom stereocenters. The monoisotopic (exact) mass is 431 g/mol. The summed E-state index contributed by atoms with van der Waals surface area (Å²) in [6, 6.07) is 9.40. The second kappa shape index (κ2) is 9.36. The lowest BCUT2D eigenvalue weighted by atomic mass is 10.1. The number of benzene rings is 1. The Labute approximate surface area is 181 Å². The van der Waals surface area contributed by atoms with Crippen LogP contribution >= 0.6 is 12.4 Å². The molecule has 0 N–H and O–H groups in total. The van der Waals surface area contributed by atoms with Crippen LogP contribution in [0, 0.1) is 18.6 Å². The van der Waals surface area contributed by atoms with Gasteiger partial charge in [-0.3, -0.25) is 4.90 Å². The van der Waals surface area contributed by atoms with Crippen molar-refractivity contribution in [2.24, 2.45) is 0 Å². The van der Waals surface area contributed by atoms with E-state index in [-0.39, 0.29) is 18.4 Å². The number of pyridine rings is 1. The highest BCUT2D eigenvalue weighted by Gasteiger charge is 2.26. The highest BCUT2D eigenvalue weighted by atomic mass is 35.5. The fourth-order valence-corrected chi connectivity index (χ4v) is 3.88. The molecular formula is C22H24ClF2N5. The maximum atomic E-state index is 13.5. The van der Waals surface area contributed by atoms with Crippen molar-refractivity contribution in [2.45, 2.75) is 13.0 Å². The molecule has 1 aliphatic heterocycles. The van der Waals surface area contributed by atoms with Crippen molar-refractivity contribution in [1.82, 2.24) is 19.7 Å². The van der Waals surface area contributed by atoms with Crippen LogP contribution in [-0.4, -0.2) is 45.8 Å². The summed E-state index contributed by atoms with van der Waals surface area (Å²) in [6.45, 7) is 8.92. The summed E-state index contributed by atoms with van der Waals surface area (Å²) in [5.41, 5.74) is 2.68. The number of nitrogens with zero attached hydrogens (tertiary/aromatic N) is 5. The third-order valence-corrected chi connectivity index (χ3v) is 5.38. The lowest BCUT2D eigenvalue weighted by Gasteiger charge is -2.39. The van der Waals surface area contributed by atoms with Crippen LogP contribution in [0.4, 0.5) is 14.5 Å². The lowest BCUT2D eigenvalue weighted by molar-refractivity contribution is 0.217. The predicted octanol–water partition coefficient (Wildman–Crippen LogP) is 4.33. The fourth-order valence-electron chi connectivity index (χ4n) is 3.88. The van der Waals surface area contributed by atoms with Crippen molar-refractivity contribution in [2.75, 3.05) is 31.1 Å². The normalized spacial score (nSPS) is 15.5. The van der Waals surface area contributed by atoms with Crippen molar-refractivity contribution in [3.8, 4) is 5.82 Å². The van der Waals surface area contributed by atoms with Crippen molar-refractivity contribution in [3.63, 3.8) is 0 Å². The minimum Gasteiger partial charge on any atom is -0.369 e. The summed E-state index contributed by atoms with van der Waals surface area (Å²) in [5, 5.41) is 4.52. The first-order chi connectivity index (χ1) is 14.1. The van der Waals surface area contributed by atoms with Gasteiger partial charge in [0.2, 0.25) is 0 Å². The maximum absolute atomic E-state index is 13.5. The van der Waals surface area contributed by atoms with Crippen LogP contribution in [0.1, 0.15) is 17.3 Å². The molecule has 8 heteroatoms. The average molecular weight is 432 g/mol. The van der Waals surface area contributed by atoms with Gasteiger partial charge in [-0.1, -0.05) is 12.1 Å². The minimum absolute atomic E-state index is 0. The summed E-state index contributed by atoms with van der Waals surface area (Å²) in [5.74, 6) is -0.329. The summed E-state index contributed by atoms with van der Waals surface area (Å²) in [6.07, 6.45) is 5.53. The maximum Gasteiger partial charge on any atom is 0.153 e. The Morgan fingerprint density at radius 1 is 1.07 bits per heavy atom. The highest BCUT2D eigenvalue weighted by molar-refractivity contribution is 5.85. The molecule has 3 aromatic rings. The molecule has 2 aromatic heterocycles. The summed E-state index contributed by atoms with van der Waals surface area (Å²) < 4.78 is 28.9. The lowest BCUT2D eigenvalue weighted by Crippen LogP contribution is -2.47. The predicted molar refractivity (Wildman–Crippen MR) is 116 cm³/mol. The first-order valence-electron chi connectivity index (χ1n) is 9.60. The van der Waals surface area contributed by atoms with Gasteiger partial charge in [0.1, 0.15) is 11.6 Å². The van der Waals surface area contributed by atoms with E-state index in [9.17, 15) is 8.78 Å². The van der Waals surface area contributed by atoms with Crippen molar-refractivity contribution < 1.29 is 8.78 Å². The molecule has 0 spiro atoms. The second-order valence-electron chi connectivity index (χ2n) is 7.12. The zero-order chi connectivity index (χ0) is 20.4. The molecule has 4 rings (SSSR count). The number of aromatic nitrogens is 3. The Morgan fingerprint density at radius 3 is 2.37 bits per heavy atom. The molecule has 1 unspecified atom stereocenters. The smallest absolute Gasteiger partial charge is 0.153 e. The SMILES string of the molecule is C=CC(c1cnn(-c2ccccn2)c1C)N1CCN(c2cc(F)cc(F)c2)CC1.Cl. The average Bonchev–Trinajstić information content (AvgIpc) is 3.10. The second-order valence-corrected chi connectivity index (χ2v) is 7.12. The third-order valence-electron chi connectivity index (χ3n) is 5.38. The molecule has 1 saturated heterocycles. The summed E-state index contributed by atoms with van der Waals surface area (Å²) in [4.78, 5) is 8.69. The standard InChI is InChI=1S/C22H23F2N5.ClH/c1-3-21(20-15-26-29(16(20)2)22-6-4-5-7-25-22)28-10-8-27(9-11-28)19-13-17(23)12-18(24)14-19;/h3-7,12-15,21H,1,8-11H2,2H3;1H. The Bertz CT molecular complexity index is 980. The van der Waals surface area contributed by atoms with Crippen LogP contribution < -0.4 is 4.90 Å².